The molecule has 1 aliphatic rings. The standard InChI is InChI=1S/C16H28N4/c1-4-5-6-9-17-15-11-14(3)18-16(19-15)20-10-7-8-13(2)12-20/h11,13H,4-10,12H2,1-3H3,(H,17,18,19). The Morgan fingerprint density at radius 1 is 1.35 bits per heavy atom. The van der Waals surface area contributed by atoms with Gasteiger partial charge in [0.1, 0.15) is 5.82 Å². The van der Waals surface area contributed by atoms with Gasteiger partial charge in [-0.05, 0) is 32.1 Å². The number of aryl methyl sites for hydroxylation is 1. The van der Waals surface area contributed by atoms with E-state index in [4.69, 9.17) is 4.98 Å². The zero-order valence-electron chi connectivity index (χ0n) is 13.2. The third-order valence-corrected chi connectivity index (χ3v) is 3.87. The summed E-state index contributed by atoms with van der Waals surface area (Å²) in [4.78, 5) is 11.6. The Hall–Kier alpha value is -1.32. The van der Waals surface area contributed by atoms with Crippen molar-refractivity contribution in [3.8, 4) is 0 Å². The lowest BCUT2D eigenvalue weighted by atomic mass is 10.0. The first-order valence-corrected chi connectivity index (χ1v) is 8.03. The van der Waals surface area contributed by atoms with Gasteiger partial charge in [-0.25, -0.2) is 4.98 Å². The predicted molar refractivity (Wildman–Crippen MR) is 85.4 cm³/mol. The van der Waals surface area contributed by atoms with Crippen LogP contribution in [0.25, 0.3) is 0 Å². The van der Waals surface area contributed by atoms with Crippen LogP contribution in [-0.2, 0) is 0 Å². The highest BCUT2D eigenvalue weighted by Gasteiger charge is 2.19. The number of nitrogens with zero attached hydrogens (tertiary/aromatic N) is 3. The minimum atomic E-state index is 0.744. The minimum Gasteiger partial charge on any atom is -0.370 e. The van der Waals surface area contributed by atoms with Crippen LogP contribution in [0.5, 0.6) is 0 Å². The van der Waals surface area contributed by atoms with Gasteiger partial charge in [-0.15, -0.1) is 0 Å². The number of hydrogen-bond acceptors (Lipinski definition) is 4. The Bertz CT molecular complexity index is 419. The van der Waals surface area contributed by atoms with Crippen LogP contribution in [0.1, 0.15) is 51.6 Å². The van der Waals surface area contributed by atoms with Gasteiger partial charge < -0.3 is 10.2 Å². The molecule has 1 saturated heterocycles. The second-order valence-corrected chi connectivity index (χ2v) is 6.02. The second-order valence-electron chi connectivity index (χ2n) is 6.02. The van der Waals surface area contributed by atoms with Gasteiger partial charge in [0.25, 0.3) is 0 Å². The molecule has 1 N–H and O–H groups in total. The van der Waals surface area contributed by atoms with E-state index in [9.17, 15) is 0 Å². The molecule has 1 aliphatic heterocycles. The van der Waals surface area contributed by atoms with Gasteiger partial charge in [0, 0.05) is 31.4 Å². The zero-order chi connectivity index (χ0) is 14.4. The molecular weight excluding hydrogens is 248 g/mol. The van der Waals surface area contributed by atoms with Gasteiger partial charge in [0.15, 0.2) is 0 Å². The number of anilines is 2. The quantitative estimate of drug-likeness (QED) is 0.806. The van der Waals surface area contributed by atoms with Gasteiger partial charge >= 0.3 is 0 Å². The Labute approximate surface area is 123 Å². The summed E-state index contributed by atoms with van der Waals surface area (Å²) in [7, 11) is 0. The summed E-state index contributed by atoms with van der Waals surface area (Å²) in [6, 6.07) is 2.04. The highest BCUT2D eigenvalue weighted by molar-refractivity contribution is 5.43. The smallest absolute Gasteiger partial charge is 0.227 e. The Kier molecular flexibility index (Phi) is 5.62. The maximum atomic E-state index is 4.69. The summed E-state index contributed by atoms with van der Waals surface area (Å²) in [6.07, 6.45) is 6.30. The van der Waals surface area contributed by atoms with Crippen molar-refractivity contribution in [1.82, 2.24) is 9.97 Å². The van der Waals surface area contributed by atoms with Gasteiger partial charge in [-0.1, -0.05) is 26.7 Å². The number of hydrogen-bond donors (Lipinski definition) is 1. The Morgan fingerprint density at radius 3 is 2.95 bits per heavy atom. The Balaban J connectivity index is 2.00. The molecule has 1 unspecified atom stereocenters. The topological polar surface area (TPSA) is 41.1 Å². The molecule has 0 spiro atoms. The molecular formula is C16H28N4. The number of aromatic nitrogens is 2. The largest absolute Gasteiger partial charge is 0.370 e. The SMILES string of the molecule is CCCCCNc1cc(C)nc(N2CCCC(C)C2)n1. The summed E-state index contributed by atoms with van der Waals surface area (Å²) >= 11 is 0. The normalized spacial score (nSPS) is 19.1. The van der Waals surface area contributed by atoms with Crippen molar-refractivity contribution < 1.29 is 0 Å². The van der Waals surface area contributed by atoms with E-state index < -0.39 is 0 Å². The monoisotopic (exact) mass is 276 g/mol. The molecule has 2 rings (SSSR count). The maximum Gasteiger partial charge on any atom is 0.227 e. The highest BCUT2D eigenvalue weighted by atomic mass is 15.3. The fraction of sp³-hybridized carbons (Fsp3) is 0.750. The van der Waals surface area contributed by atoms with Gasteiger partial charge in [-0.2, -0.15) is 4.98 Å². The van der Waals surface area contributed by atoms with Gasteiger partial charge in [-0.3, -0.25) is 0 Å². The molecule has 0 radical (unpaired) electrons. The third kappa shape index (κ3) is 4.36. The number of unbranched alkanes of at least 4 members (excludes halogenated alkanes) is 2. The first-order chi connectivity index (χ1) is 9.69. The van der Waals surface area contributed by atoms with E-state index >= 15 is 0 Å². The van der Waals surface area contributed by atoms with Crippen molar-refractivity contribution in [1.29, 1.82) is 0 Å². The highest BCUT2D eigenvalue weighted by Crippen LogP contribution is 2.21. The van der Waals surface area contributed by atoms with Crippen molar-refractivity contribution in [2.45, 2.75) is 52.9 Å². The number of piperidine rings is 1. The molecule has 2 heterocycles. The second kappa shape index (κ2) is 7.46. The fourth-order valence-electron chi connectivity index (χ4n) is 2.75. The van der Waals surface area contributed by atoms with Gasteiger partial charge in [0.2, 0.25) is 5.95 Å². The van der Waals surface area contributed by atoms with E-state index in [0.717, 1.165) is 43.0 Å². The van der Waals surface area contributed by atoms with Crippen LogP contribution in [0.2, 0.25) is 0 Å². The predicted octanol–water partition coefficient (Wildman–Crippen LogP) is 3.62. The van der Waals surface area contributed by atoms with E-state index in [1.54, 1.807) is 0 Å². The van der Waals surface area contributed by atoms with Gasteiger partial charge in [0.05, 0.1) is 0 Å². The van der Waals surface area contributed by atoms with Crippen molar-refractivity contribution >= 4 is 11.8 Å². The van der Waals surface area contributed by atoms with Crippen LogP contribution in [0.4, 0.5) is 11.8 Å². The minimum absolute atomic E-state index is 0.744. The van der Waals surface area contributed by atoms with E-state index in [0.29, 0.717) is 0 Å². The third-order valence-electron chi connectivity index (χ3n) is 3.87. The molecule has 0 aliphatic carbocycles. The summed E-state index contributed by atoms with van der Waals surface area (Å²) in [5.41, 5.74) is 1.05. The molecule has 0 bridgehead atoms. The molecule has 0 aromatic carbocycles. The van der Waals surface area contributed by atoms with Crippen molar-refractivity contribution in [3.05, 3.63) is 11.8 Å². The summed E-state index contributed by atoms with van der Waals surface area (Å²) in [5.74, 6) is 2.62. The van der Waals surface area contributed by atoms with Crippen LogP contribution in [0.15, 0.2) is 6.07 Å². The first kappa shape index (κ1) is 15.1. The molecule has 0 amide bonds. The van der Waals surface area contributed by atoms with E-state index in [2.05, 4.69) is 36.0 Å². The van der Waals surface area contributed by atoms with Crippen LogP contribution in [0, 0.1) is 12.8 Å². The Morgan fingerprint density at radius 2 is 2.20 bits per heavy atom. The summed E-state index contributed by atoms with van der Waals surface area (Å²) < 4.78 is 0. The zero-order valence-corrected chi connectivity index (χ0v) is 13.2. The molecule has 1 fully saturated rings. The number of rotatable bonds is 6. The van der Waals surface area contributed by atoms with Crippen LogP contribution in [0.3, 0.4) is 0 Å². The molecule has 1 atom stereocenters. The van der Waals surface area contributed by atoms with Crippen molar-refractivity contribution in [2.24, 2.45) is 5.92 Å². The fourth-order valence-corrected chi connectivity index (χ4v) is 2.75. The molecule has 0 saturated carbocycles. The lowest BCUT2D eigenvalue weighted by Gasteiger charge is -2.31. The molecule has 4 heteroatoms. The van der Waals surface area contributed by atoms with Crippen molar-refractivity contribution in [3.63, 3.8) is 0 Å². The van der Waals surface area contributed by atoms with Crippen LogP contribution in [-0.4, -0.2) is 29.6 Å². The molecule has 1 aromatic heterocycles. The lowest BCUT2D eigenvalue weighted by Crippen LogP contribution is -2.35. The molecule has 20 heavy (non-hydrogen) atoms. The van der Waals surface area contributed by atoms with E-state index in [1.807, 2.05) is 6.07 Å². The van der Waals surface area contributed by atoms with Crippen molar-refractivity contribution in [2.75, 3.05) is 29.9 Å². The molecule has 112 valence electrons. The lowest BCUT2D eigenvalue weighted by molar-refractivity contribution is 0.442. The van der Waals surface area contributed by atoms with E-state index in [-0.39, 0.29) is 0 Å². The average Bonchev–Trinajstić information content (AvgIpc) is 2.43. The van der Waals surface area contributed by atoms with Crippen LogP contribution < -0.4 is 10.2 Å². The summed E-state index contributed by atoms with van der Waals surface area (Å²) in [5, 5.41) is 3.43. The molecule has 4 nitrogen and oxygen atoms in total. The first-order valence-electron chi connectivity index (χ1n) is 8.03. The maximum absolute atomic E-state index is 4.69. The van der Waals surface area contributed by atoms with E-state index in [1.165, 1.54) is 32.1 Å². The molecule has 1 aromatic rings. The summed E-state index contributed by atoms with van der Waals surface area (Å²) in [6.45, 7) is 9.76. The van der Waals surface area contributed by atoms with Crippen LogP contribution >= 0.6 is 0 Å². The average molecular weight is 276 g/mol. The number of nitrogens with one attached hydrogen (secondary N) is 1.